The maximum absolute atomic E-state index is 9.00. The zero-order valence-corrected chi connectivity index (χ0v) is 7.58. The van der Waals surface area contributed by atoms with Crippen LogP contribution in [0.4, 0.5) is 0 Å². The molecule has 0 aromatic heterocycles. The number of rotatable bonds is 0. The van der Waals surface area contributed by atoms with Gasteiger partial charge in [-0.2, -0.15) is 0 Å². The maximum Gasteiger partial charge on any atom is 0.300 e. The predicted octanol–water partition coefficient (Wildman–Crippen LogP) is 0.630. The predicted molar refractivity (Wildman–Crippen MR) is 33.0 cm³/mol. The topological polar surface area (TPSA) is 74.6 Å². The molecule has 0 heterocycles. The number of carboxylic acid groups (broad SMARTS) is 2. The molecule has 0 fully saturated rings. The first-order chi connectivity index (χ1) is 3.46. The van der Waals surface area contributed by atoms with Gasteiger partial charge in [-0.05, 0) is 0 Å². The largest absolute Gasteiger partial charge is 0.481 e. The first kappa shape index (κ1) is 22.6. The Morgan fingerprint density at radius 2 is 1.00 bits per heavy atom. The summed E-state index contributed by atoms with van der Waals surface area (Å²) >= 11 is 0. The van der Waals surface area contributed by atoms with Gasteiger partial charge in [0.15, 0.2) is 0 Å². The van der Waals surface area contributed by atoms with E-state index in [4.69, 9.17) is 19.8 Å². The van der Waals surface area contributed by atoms with E-state index in [1.165, 1.54) is 0 Å². The van der Waals surface area contributed by atoms with Crippen molar-refractivity contribution in [3.63, 3.8) is 0 Å². The Labute approximate surface area is 73.9 Å². The quantitative estimate of drug-likeness (QED) is 0.482. The van der Waals surface area contributed by atoms with Gasteiger partial charge in [-0.15, -0.1) is 0 Å². The van der Waals surface area contributed by atoms with Crippen LogP contribution < -0.4 is 0 Å². The van der Waals surface area contributed by atoms with Crippen LogP contribution in [0.1, 0.15) is 13.8 Å². The van der Waals surface area contributed by atoms with E-state index in [1.54, 1.807) is 0 Å². The number of hydrogen-bond acceptors (Lipinski definition) is 2. The van der Waals surface area contributed by atoms with Crippen molar-refractivity contribution in [2.75, 3.05) is 0 Å². The first-order valence-corrected chi connectivity index (χ1v) is 1.86. The van der Waals surface area contributed by atoms with E-state index in [9.17, 15) is 0 Å². The molecule has 10 heavy (non-hydrogen) atoms. The summed E-state index contributed by atoms with van der Waals surface area (Å²) in [5, 5.41) is 14.8. The summed E-state index contributed by atoms with van der Waals surface area (Å²) in [7, 11) is 0. The van der Waals surface area contributed by atoms with Gasteiger partial charge >= 0.3 is 0 Å². The third-order valence-corrected chi connectivity index (χ3v) is 0. The van der Waals surface area contributed by atoms with Gasteiger partial charge in [0, 0.05) is 34.3 Å². The van der Waals surface area contributed by atoms with Gasteiger partial charge in [0.05, 0.1) is 0 Å². The first-order valence-electron chi connectivity index (χ1n) is 1.86. The van der Waals surface area contributed by atoms with E-state index in [1.807, 2.05) is 0 Å². The van der Waals surface area contributed by atoms with E-state index >= 15 is 0 Å². The van der Waals surface area contributed by atoms with Crippen LogP contribution in [0.3, 0.4) is 0 Å². The van der Waals surface area contributed by atoms with Gasteiger partial charge in [0.1, 0.15) is 0 Å². The molecule has 4 nitrogen and oxygen atoms in total. The van der Waals surface area contributed by atoms with Crippen molar-refractivity contribution in [2.24, 2.45) is 0 Å². The Kier molecular flexibility index (Phi) is 35.9. The van der Waals surface area contributed by atoms with Crippen molar-refractivity contribution in [3.8, 4) is 0 Å². The van der Waals surface area contributed by atoms with Gasteiger partial charge in [-0.25, -0.2) is 0 Å². The molecule has 0 aliphatic heterocycles. The van der Waals surface area contributed by atoms with Crippen LogP contribution in [0.2, 0.25) is 0 Å². The van der Waals surface area contributed by atoms with Crippen LogP contribution in [-0.4, -0.2) is 22.2 Å². The molecule has 0 saturated heterocycles. The molecular weight excluding hydrogens is 230 g/mol. The molecule has 2 N–H and O–H groups in total. The van der Waals surface area contributed by atoms with Gasteiger partial charge in [-0.3, -0.25) is 9.59 Å². The third-order valence-electron chi connectivity index (χ3n) is 0. The monoisotopic (exact) mass is 241 g/mol. The maximum atomic E-state index is 9.00. The van der Waals surface area contributed by atoms with Crippen LogP contribution in [-0.2, 0) is 30.0 Å². The Morgan fingerprint density at radius 1 is 1.00 bits per heavy atom. The molecule has 0 aromatic carbocycles. The second-order valence-electron chi connectivity index (χ2n) is 1.04. The molecule has 0 radical (unpaired) electrons. The zero-order chi connectivity index (χ0) is 7.15. The summed E-state index contributed by atoms with van der Waals surface area (Å²) in [6.45, 7) is 2.17. The summed E-state index contributed by atoms with van der Waals surface area (Å²) in [5.74, 6) is -1.67. The molecule has 0 aliphatic rings. The molecule has 0 aromatic rings. The van der Waals surface area contributed by atoms with Crippen LogP contribution >= 0.6 is 0 Å². The minimum absolute atomic E-state index is 0. The summed E-state index contributed by atoms with van der Waals surface area (Å²) in [6, 6.07) is 0. The summed E-state index contributed by atoms with van der Waals surface area (Å²) in [6.07, 6.45) is 0. The molecule has 0 rings (SSSR count). The summed E-state index contributed by atoms with van der Waals surface area (Å²) < 4.78 is 0. The van der Waals surface area contributed by atoms with E-state index in [0.717, 1.165) is 13.8 Å². The molecule has 0 aliphatic carbocycles. The Balaban J connectivity index is -0.0000000300. The van der Waals surface area contributed by atoms with Crippen molar-refractivity contribution in [2.45, 2.75) is 13.8 Å². The van der Waals surface area contributed by atoms with Gasteiger partial charge in [0.2, 0.25) is 0 Å². The SMILES string of the molecule is CC(=O)O.CC(=O)O.[CH3-].[Pd]. The van der Waals surface area contributed by atoms with E-state index in [0.29, 0.717) is 0 Å². The average molecular weight is 242 g/mol. The van der Waals surface area contributed by atoms with Crippen molar-refractivity contribution in [1.82, 2.24) is 0 Å². The molecule has 0 saturated carbocycles. The Morgan fingerprint density at radius 3 is 1.00 bits per heavy atom. The normalized spacial score (nSPS) is 5.00. The molecule has 0 amide bonds. The number of carboxylic acids is 2. The van der Waals surface area contributed by atoms with Crippen LogP contribution in [0, 0.1) is 7.43 Å². The molecule has 0 unspecified atom stereocenters. The van der Waals surface area contributed by atoms with Crippen molar-refractivity contribution in [1.29, 1.82) is 0 Å². The Bertz CT molecular complexity index is 71.6. The van der Waals surface area contributed by atoms with Crippen molar-refractivity contribution in [3.05, 3.63) is 7.43 Å². The second-order valence-corrected chi connectivity index (χ2v) is 1.04. The van der Waals surface area contributed by atoms with Crippen molar-refractivity contribution >= 4 is 11.9 Å². The van der Waals surface area contributed by atoms with Crippen LogP contribution in [0.5, 0.6) is 0 Å². The zero-order valence-electron chi connectivity index (χ0n) is 6.03. The van der Waals surface area contributed by atoms with Crippen molar-refractivity contribution < 1.29 is 40.2 Å². The molecule has 0 bridgehead atoms. The number of carbonyl (C=O) groups is 2. The second kappa shape index (κ2) is 15.8. The fourth-order valence-corrected chi connectivity index (χ4v) is 0. The molecule has 0 atom stereocenters. The average Bonchev–Trinajstić information content (AvgIpc) is 1.25. The third kappa shape index (κ3) is 2100. The minimum atomic E-state index is -0.833. The molecule has 0 spiro atoms. The minimum Gasteiger partial charge on any atom is -0.481 e. The van der Waals surface area contributed by atoms with Gasteiger partial charge in [0.25, 0.3) is 11.9 Å². The smallest absolute Gasteiger partial charge is 0.300 e. The molecule has 66 valence electrons. The molecule has 5 heteroatoms. The fourth-order valence-electron chi connectivity index (χ4n) is 0. The number of aliphatic carboxylic acids is 2. The Hall–Kier alpha value is -0.398. The summed E-state index contributed by atoms with van der Waals surface area (Å²) in [4.78, 5) is 18.0. The van der Waals surface area contributed by atoms with E-state index < -0.39 is 11.9 Å². The van der Waals surface area contributed by atoms with E-state index in [-0.39, 0.29) is 27.8 Å². The number of hydrogen-bond donors (Lipinski definition) is 2. The van der Waals surface area contributed by atoms with Crippen LogP contribution in [0.25, 0.3) is 0 Å². The summed E-state index contributed by atoms with van der Waals surface area (Å²) in [5.41, 5.74) is 0. The van der Waals surface area contributed by atoms with Crippen LogP contribution in [0.15, 0.2) is 0 Å². The standard InChI is InChI=1S/2C2H4O2.CH3.Pd/c2*1-2(3)4;;/h2*1H3,(H,3,4);1H3;/q;;-1;. The molecular formula is C5H11O4Pd-. The fraction of sp³-hybridized carbons (Fsp3) is 0.400. The van der Waals surface area contributed by atoms with E-state index in [2.05, 4.69) is 0 Å². The van der Waals surface area contributed by atoms with Gasteiger partial charge < -0.3 is 17.6 Å². The van der Waals surface area contributed by atoms with Gasteiger partial charge in [-0.1, -0.05) is 0 Å².